The lowest BCUT2D eigenvalue weighted by Crippen LogP contribution is -2.24. The first-order valence-electron chi connectivity index (χ1n) is 6.77. The number of nitrogens with two attached hydrogens (primary N) is 1. The van der Waals surface area contributed by atoms with E-state index >= 15 is 0 Å². The van der Waals surface area contributed by atoms with Crippen molar-refractivity contribution >= 4 is 27.0 Å². The van der Waals surface area contributed by atoms with Gasteiger partial charge < -0.3 is 5.73 Å². The molecule has 0 atom stereocenters. The molecule has 4 nitrogen and oxygen atoms in total. The lowest BCUT2D eigenvalue weighted by molar-refractivity contribution is 0.580. The SMILES string of the molecule is CCc1ccc(N)cc1S(=O)(=O)NCc1cc(C)c(C)s1. The van der Waals surface area contributed by atoms with Gasteiger partial charge in [0.25, 0.3) is 0 Å². The highest BCUT2D eigenvalue weighted by Gasteiger charge is 2.18. The van der Waals surface area contributed by atoms with Gasteiger partial charge in [-0.3, -0.25) is 0 Å². The zero-order chi connectivity index (χ0) is 15.6. The summed E-state index contributed by atoms with van der Waals surface area (Å²) in [5.74, 6) is 0. The summed E-state index contributed by atoms with van der Waals surface area (Å²) in [6.45, 7) is 6.29. The second kappa shape index (κ2) is 6.17. The van der Waals surface area contributed by atoms with E-state index in [1.165, 1.54) is 16.5 Å². The normalized spacial score (nSPS) is 11.8. The Morgan fingerprint density at radius 2 is 1.95 bits per heavy atom. The number of sulfonamides is 1. The molecule has 3 N–H and O–H groups in total. The van der Waals surface area contributed by atoms with Crippen molar-refractivity contribution in [3.63, 3.8) is 0 Å². The molecule has 0 unspecified atom stereocenters. The van der Waals surface area contributed by atoms with Crippen LogP contribution in [0, 0.1) is 13.8 Å². The highest BCUT2D eigenvalue weighted by molar-refractivity contribution is 7.89. The first-order chi connectivity index (χ1) is 9.83. The van der Waals surface area contributed by atoms with Gasteiger partial charge in [0.2, 0.25) is 10.0 Å². The van der Waals surface area contributed by atoms with Crippen molar-refractivity contribution in [2.75, 3.05) is 5.73 Å². The number of hydrogen-bond acceptors (Lipinski definition) is 4. The van der Waals surface area contributed by atoms with Crippen LogP contribution in [0.15, 0.2) is 29.2 Å². The molecule has 0 amide bonds. The Hall–Kier alpha value is -1.37. The number of benzene rings is 1. The largest absolute Gasteiger partial charge is 0.399 e. The minimum atomic E-state index is -3.55. The van der Waals surface area contributed by atoms with E-state index in [0.29, 0.717) is 18.7 Å². The molecule has 21 heavy (non-hydrogen) atoms. The Bertz CT molecular complexity index is 730. The molecular formula is C15H20N2O2S2. The van der Waals surface area contributed by atoms with E-state index in [1.54, 1.807) is 23.5 Å². The van der Waals surface area contributed by atoms with Crippen LogP contribution in [0.2, 0.25) is 0 Å². The predicted octanol–water partition coefficient (Wildman–Crippen LogP) is 2.99. The molecule has 0 bridgehead atoms. The molecule has 0 saturated carbocycles. The molecule has 1 heterocycles. The highest BCUT2D eigenvalue weighted by atomic mass is 32.2. The Balaban J connectivity index is 2.24. The second-order valence-electron chi connectivity index (χ2n) is 5.00. The lowest BCUT2D eigenvalue weighted by atomic mass is 10.1. The minimum absolute atomic E-state index is 0.273. The maximum atomic E-state index is 12.5. The fraction of sp³-hybridized carbons (Fsp3) is 0.333. The van der Waals surface area contributed by atoms with Gasteiger partial charge in [-0.2, -0.15) is 0 Å². The first kappa shape index (κ1) is 16.0. The van der Waals surface area contributed by atoms with E-state index in [2.05, 4.69) is 4.72 Å². The first-order valence-corrected chi connectivity index (χ1v) is 9.07. The highest BCUT2D eigenvalue weighted by Crippen LogP contribution is 2.23. The van der Waals surface area contributed by atoms with Crippen LogP contribution in [0.25, 0.3) is 0 Å². The summed E-state index contributed by atoms with van der Waals surface area (Å²) in [6, 6.07) is 7.03. The van der Waals surface area contributed by atoms with Crippen LogP contribution in [0.1, 0.15) is 27.8 Å². The Kier molecular flexibility index (Phi) is 4.70. The van der Waals surface area contributed by atoms with E-state index in [9.17, 15) is 8.42 Å². The van der Waals surface area contributed by atoms with Crippen LogP contribution >= 0.6 is 11.3 Å². The summed E-state index contributed by atoms with van der Waals surface area (Å²) < 4.78 is 27.6. The summed E-state index contributed by atoms with van der Waals surface area (Å²) in [7, 11) is -3.55. The number of hydrogen-bond donors (Lipinski definition) is 2. The average Bonchev–Trinajstić information content (AvgIpc) is 2.76. The van der Waals surface area contributed by atoms with Crippen LogP contribution in [-0.2, 0) is 23.0 Å². The fourth-order valence-corrected chi connectivity index (χ4v) is 4.53. The van der Waals surface area contributed by atoms with Crippen molar-refractivity contribution < 1.29 is 8.42 Å². The number of anilines is 1. The van der Waals surface area contributed by atoms with Crippen LogP contribution in [0.3, 0.4) is 0 Å². The molecule has 1 aromatic heterocycles. The standard InChI is InChI=1S/C15H20N2O2S2/c1-4-12-5-6-13(16)8-15(12)21(18,19)17-9-14-7-10(2)11(3)20-14/h5-8,17H,4,9,16H2,1-3H3. The monoisotopic (exact) mass is 324 g/mol. The number of thiophene rings is 1. The van der Waals surface area contributed by atoms with Gasteiger partial charge in [-0.05, 0) is 49.6 Å². The summed E-state index contributed by atoms with van der Waals surface area (Å²) in [5.41, 5.74) is 8.13. The molecule has 0 saturated heterocycles. The van der Waals surface area contributed by atoms with Gasteiger partial charge in [0.15, 0.2) is 0 Å². The van der Waals surface area contributed by atoms with Crippen molar-refractivity contribution in [1.82, 2.24) is 4.72 Å². The van der Waals surface area contributed by atoms with Crippen LogP contribution in [-0.4, -0.2) is 8.42 Å². The third kappa shape index (κ3) is 3.64. The maximum absolute atomic E-state index is 12.5. The van der Waals surface area contributed by atoms with E-state index < -0.39 is 10.0 Å². The molecule has 114 valence electrons. The number of rotatable bonds is 5. The van der Waals surface area contributed by atoms with Gasteiger partial charge in [-0.1, -0.05) is 13.0 Å². The fourth-order valence-electron chi connectivity index (χ4n) is 2.09. The third-order valence-electron chi connectivity index (χ3n) is 3.42. The van der Waals surface area contributed by atoms with Gasteiger partial charge in [0, 0.05) is 22.0 Å². The van der Waals surface area contributed by atoms with Gasteiger partial charge in [0.1, 0.15) is 0 Å². The average molecular weight is 324 g/mol. The van der Waals surface area contributed by atoms with Crippen LogP contribution in [0.4, 0.5) is 5.69 Å². The topological polar surface area (TPSA) is 72.2 Å². The Morgan fingerprint density at radius 3 is 2.52 bits per heavy atom. The minimum Gasteiger partial charge on any atom is -0.399 e. The zero-order valence-electron chi connectivity index (χ0n) is 12.4. The van der Waals surface area contributed by atoms with Crippen molar-refractivity contribution in [3.05, 3.63) is 45.1 Å². The van der Waals surface area contributed by atoms with Crippen molar-refractivity contribution in [3.8, 4) is 0 Å². The molecule has 6 heteroatoms. The number of aryl methyl sites for hydroxylation is 3. The summed E-state index contributed by atoms with van der Waals surface area (Å²) in [4.78, 5) is 2.49. The smallest absolute Gasteiger partial charge is 0.241 e. The van der Waals surface area contributed by atoms with E-state index in [1.807, 2.05) is 26.8 Å². The van der Waals surface area contributed by atoms with Crippen LogP contribution in [0.5, 0.6) is 0 Å². The molecule has 0 aliphatic heterocycles. The lowest BCUT2D eigenvalue weighted by Gasteiger charge is -2.10. The van der Waals surface area contributed by atoms with Gasteiger partial charge >= 0.3 is 0 Å². The Morgan fingerprint density at radius 1 is 1.24 bits per heavy atom. The third-order valence-corrected chi connectivity index (χ3v) is 6.05. The molecule has 0 aliphatic rings. The van der Waals surface area contributed by atoms with Crippen molar-refractivity contribution in [2.45, 2.75) is 38.6 Å². The zero-order valence-corrected chi connectivity index (χ0v) is 14.1. The molecule has 0 spiro atoms. The molecule has 0 aliphatic carbocycles. The second-order valence-corrected chi connectivity index (χ2v) is 8.07. The molecular weight excluding hydrogens is 304 g/mol. The quantitative estimate of drug-likeness (QED) is 0.831. The van der Waals surface area contributed by atoms with Crippen LogP contribution < -0.4 is 10.5 Å². The van der Waals surface area contributed by atoms with Gasteiger partial charge in [-0.25, -0.2) is 13.1 Å². The predicted molar refractivity (Wildman–Crippen MR) is 88.1 cm³/mol. The summed E-state index contributed by atoms with van der Waals surface area (Å²) in [5, 5.41) is 0. The maximum Gasteiger partial charge on any atom is 0.241 e. The van der Waals surface area contributed by atoms with Crippen molar-refractivity contribution in [1.29, 1.82) is 0 Å². The number of nitrogens with one attached hydrogen (secondary N) is 1. The molecule has 2 aromatic rings. The van der Waals surface area contributed by atoms with E-state index in [4.69, 9.17) is 5.73 Å². The van der Waals surface area contributed by atoms with Gasteiger partial charge in [-0.15, -0.1) is 11.3 Å². The van der Waals surface area contributed by atoms with Gasteiger partial charge in [0.05, 0.1) is 4.90 Å². The van der Waals surface area contributed by atoms with E-state index in [0.717, 1.165) is 10.4 Å². The molecule has 2 rings (SSSR count). The molecule has 0 radical (unpaired) electrons. The van der Waals surface area contributed by atoms with E-state index in [-0.39, 0.29) is 4.90 Å². The summed E-state index contributed by atoms with van der Waals surface area (Å²) in [6.07, 6.45) is 0.647. The molecule has 1 aromatic carbocycles. The Labute approximate surface area is 130 Å². The van der Waals surface area contributed by atoms with Crippen molar-refractivity contribution in [2.24, 2.45) is 0 Å². The summed E-state index contributed by atoms with van der Waals surface area (Å²) >= 11 is 1.61. The number of nitrogen functional groups attached to an aromatic ring is 1. The molecule has 0 fully saturated rings.